The van der Waals surface area contributed by atoms with Crippen LogP contribution in [0.15, 0.2) is 42.7 Å². The lowest BCUT2D eigenvalue weighted by atomic mass is 10.1. The van der Waals surface area contributed by atoms with Crippen LogP contribution in [-0.4, -0.2) is 37.0 Å². The number of hydrogen-bond donors (Lipinski definition) is 2. The van der Waals surface area contributed by atoms with Crippen LogP contribution in [0, 0.1) is 0 Å². The first-order chi connectivity index (χ1) is 13.1. The second-order valence-corrected chi connectivity index (χ2v) is 6.28. The van der Waals surface area contributed by atoms with Crippen molar-refractivity contribution >= 4 is 11.8 Å². The van der Waals surface area contributed by atoms with E-state index in [4.69, 9.17) is 4.74 Å². The fourth-order valence-corrected chi connectivity index (χ4v) is 2.58. The third kappa shape index (κ3) is 6.73. The van der Waals surface area contributed by atoms with E-state index in [1.54, 1.807) is 13.2 Å². The number of pyridine rings is 1. The topological polar surface area (TPSA) is 80.3 Å². The van der Waals surface area contributed by atoms with Gasteiger partial charge >= 0.3 is 0 Å². The fraction of sp³-hybridized carbons (Fsp3) is 0.381. The molecule has 0 fully saturated rings. The third-order valence-corrected chi connectivity index (χ3v) is 4.19. The number of rotatable bonds is 10. The van der Waals surface area contributed by atoms with Crippen LogP contribution in [0.25, 0.3) is 0 Å². The van der Waals surface area contributed by atoms with Crippen LogP contribution in [0.5, 0.6) is 5.75 Å². The van der Waals surface area contributed by atoms with Gasteiger partial charge in [-0.05, 0) is 36.6 Å². The number of ether oxygens (including phenoxy) is 1. The summed E-state index contributed by atoms with van der Waals surface area (Å²) in [7, 11) is 1.63. The quantitative estimate of drug-likeness (QED) is 0.631. The Morgan fingerprint density at radius 1 is 0.963 bits per heavy atom. The van der Waals surface area contributed by atoms with Gasteiger partial charge in [-0.25, -0.2) is 0 Å². The number of nitrogens with zero attached hydrogens (tertiary/aromatic N) is 1. The van der Waals surface area contributed by atoms with Gasteiger partial charge in [-0.2, -0.15) is 0 Å². The van der Waals surface area contributed by atoms with E-state index in [0.29, 0.717) is 30.6 Å². The number of carbonyl (C=O) groups excluding carboxylic acids is 2. The third-order valence-electron chi connectivity index (χ3n) is 4.19. The lowest BCUT2D eigenvalue weighted by molar-refractivity contribution is 0.0952. The molecule has 2 rings (SSSR count). The minimum Gasteiger partial charge on any atom is -0.497 e. The molecule has 1 aromatic carbocycles. The highest BCUT2D eigenvalue weighted by molar-refractivity contribution is 5.99. The molecule has 0 bridgehead atoms. The number of carbonyl (C=O) groups is 2. The van der Waals surface area contributed by atoms with Crippen molar-refractivity contribution in [1.29, 1.82) is 0 Å². The second kappa shape index (κ2) is 11.0. The largest absolute Gasteiger partial charge is 0.497 e. The Hall–Kier alpha value is -2.89. The first-order valence-corrected chi connectivity index (χ1v) is 9.28. The highest BCUT2D eigenvalue weighted by Crippen LogP contribution is 2.11. The molecule has 6 heteroatoms. The summed E-state index contributed by atoms with van der Waals surface area (Å²) in [4.78, 5) is 28.5. The van der Waals surface area contributed by atoms with Crippen molar-refractivity contribution in [2.45, 2.75) is 32.6 Å². The highest BCUT2D eigenvalue weighted by atomic mass is 16.5. The molecule has 1 heterocycles. The Morgan fingerprint density at radius 3 is 2.19 bits per heavy atom. The summed E-state index contributed by atoms with van der Waals surface area (Å²) in [6, 6.07) is 9.30. The molecule has 2 N–H and O–H groups in total. The summed E-state index contributed by atoms with van der Waals surface area (Å²) in [5, 5.41) is 5.71. The number of amides is 2. The normalized spacial score (nSPS) is 10.3. The zero-order chi connectivity index (χ0) is 19.5. The second-order valence-electron chi connectivity index (χ2n) is 6.28. The van der Waals surface area contributed by atoms with Crippen LogP contribution in [-0.2, 0) is 6.42 Å². The molecule has 0 saturated carbocycles. The molecule has 0 unspecified atom stereocenters. The van der Waals surface area contributed by atoms with Gasteiger partial charge in [-0.1, -0.05) is 31.9 Å². The molecule has 0 atom stereocenters. The predicted octanol–water partition coefficient (Wildman–Crippen LogP) is 2.98. The van der Waals surface area contributed by atoms with Gasteiger partial charge in [0.2, 0.25) is 0 Å². The summed E-state index contributed by atoms with van der Waals surface area (Å²) in [5.74, 6) is 0.363. The zero-order valence-corrected chi connectivity index (χ0v) is 16.0. The average Bonchev–Trinajstić information content (AvgIpc) is 2.71. The van der Waals surface area contributed by atoms with E-state index in [9.17, 15) is 9.59 Å². The smallest absolute Gasteiger partial charge is 0.252 e. The van der Waals surface area contributed by atoms with Gasteiger partial charge in [0, 0.05) is 25.5 Å². The zero-order valence-electron chi connectivity index (χ0n) is 16.0. The molecule has 1 aromatic heterocycles. The Bertz CT molecular complexity index is 745. The van der Waals surface area contributed by atoms with Crippen LogP contribution in [0.2, 0.25) is 0 Å². The van der Waals surface area contributed by atoms with Crippen LogP contribution >= 0.6 is 0 Å². The molecule has 2 aromatic rings. The lowest BCUT2D eigenvalue weighted by Crippen LogP contribution is -2.27. The molecule has 0 aliphatic heterocycles. The number of hydrogen-bond acceptors (Lipinski definition) is 4. The van der Waals surface area contributed by atoms with Gasteiger partial charge in [-0.3, -0.25) is 14.6 Å². The average molecular weight is 369 g/mol. The molecule has 0 saturated heterocycles. The summed E-state index contributed by atoms with van der Waals surface area (Å²) >= 11 is 0. The Labute approximate surface area is 160 Å². The van der Waals surface area contributed by atoms with Gasteiger partial charge in [-0.15, -0.1) is 0 Å². The molecule has 2 amide bonds. The SMILES string of the molecule is CCCCCNC(=O)c1cncc(C(=O)NCCc2ccc(OC)cc2)c1. The maximum Gasteiger partial charge on any atom is 0.252 e. The predicted molar refractivity (Wildman–Crippen MR) is 105 cm³/mol. The van der Waals surface area contributed by atoms with Gasteiger partial charge < -0.3 is 15.4 Å². The minimum atomic E-state index is -0.239. The van der Waals surface area contributed by atoms with Gasteiger partial charge in [0.15, 0.2) is 0 Å². The standard InChI is InChI=1S/C21H27N3O3/c1-3-4-5-11-23-20(25)17-13-18(15-22-14-17)21(26)24-12-10-16-6-8-19(27-2)9-7-16/h6-9,13-15H,3-5,10-12H2,1-2H3,(H,23,25)(H,24,26). The van der Waals surface area contributed by atoms with E-state index in [-0.39, 0.29) is 11.8 Å². The van der Waals surface area contributed by atoms with Crippen molar-refractivity contribution in [2.75, 3.05) is 20.2 Å². The van der Waals surface area contributed by atoms with Crippen molar-refractivity contribution < 1.29 is 14.3 Å². The summed E-state index contributed by atoms with van der Waals surface area (Å²) in [6.07, 6.45) is 6.78. The minimum absolute atomic E-state index is 0.202. The molecule has 27 heavy (non-hydrogen) atoms. The van der Waals surface area contributed by atoms with Crippen LogP contribution in [0.4, 0.5) is 0 Å². The molecule has 6 nitrogen and oxygen atoms in total. The van der Waals surface area contributed by atoms with E-state index in [2.05, 4.69) is 22.5 Å². The highest BCUT2D eigenvalue weighted by Gasteiger charge is 2.11. The lowest BCUT2D eigenvalue weighted by Gasteiger charge is -2.08. The number of methoxy groups -OCH3 is 1. The van der Waals surface area contributed by atoms with Crippen molar-refractivity contribution in [1.82, 2.24) is 15.6 Å². The van der Waals surface area contributed by atoms with Gasteiger partial charge in [0.05, 0.1) is 18.2 Å². The van der Waals surface area contributed by atoms with Crippen LogP contribution in [0.3, 0.4) is 0 Å². The summed E-state index contributed by atoms with van der Waals surface area (Å²) < 4.78 is 5.13. The molecule has 0 aliphatic rings. The number of unbranched alkanes of at least 4 members (excludes halogenated alkanes) is 2. The maximum atomic E-state index is 12.3. The van der Waals surface area contributed by atoms with Crippen LogP contribution in [0.1, 0.15) is 52.5 Å². The maximum absolute atomic E-state index is 12.3. The number of nitrogens with one attached hydrogen (secondary N) is 2. The van der Waals surface area contributed by atoms with E-state index in [0.717, 1.165) is 30.6 Å². The molecule has 0 radical (unpaired) electrons. The molecule has 0 spiro atoms. The van der Waals surface area contributed by atoms with Crippen molar-refractivity contribution in [3.8, 4) is 5.75 Å². The fourth-order valence-electron chi connectivity index (χ4n) is 2.58. The summed E-state index contributed by atoms with van der Waals surface area (Å²) in [5.41, 5.74) is 1.88. The Balaban J connectivity index is 1.83. The molecule has 144 valence electrons. The first kappa shape index (κ1) is 20.4. The van der Waals surface area contributed by atoms with E-state index in [1.807, 2.05) is 24.3 Å². The first-order valence-electron chi connectivity index (χ1n) is 9.28. The summed E-state index contributed by atoms with van der Waals surface area (Å²) in [6.45, 7) is 3.24. The van der Waals surface area contributed by atoms with Gasteiger partial charge in [0.1, 0.15) is 5.75 Å². The monoisotopic (exact) mass is 369 g/mol. The van der Waals surface area contributed by atoms with Crippen molar-refractivity contribution in [3.05, 3.63) is 59.4 Å². The van der Waals surface area contributed by atoms with Gasteiger partial charge in [0.25, 0.3) is 11.8 Å². The molecule has 0 aliphatic carbocycles. The van der Waals surface area contributed by atoms with E-state index >= 15 is 0 Å². The Morgan fingerprint density at radius 2 is 1.59 bits per heavy atom. The molecular formula is C21H27N3O3. The number of benzene rings is 1. The van der Waals surface area contributed by atoms with E-state index < -0.39 is 0 Å². The van der Waals surface area contributed by atoms with Crippen molar-refractivity contribution in [2.24, 2.45) is 0 Å². The van der Waals surface area contributed by atoms with Crippen molar-refractivity contribution in [3.63, 3.8) is 0 Å². The van der Waals surface area contributed by atoms with E-state index in [1.165, 1.54) is 12.4 Å². The molecular weight excluding hydrogens is 342 g/mol. The number of aromatic nitrogens is 1. The van der Waals surface area contributed by atoms with Crippen LogP contribution < -0.4 is 15.4 Å². The Kier molecular flexibility index (Phi) is 8.29.